The van der Waals surface area contributed by atoms with Gasteiger partial charge in [0.2, 0.25) is 5.91 Å². The van der Waals surface area contributed by atoms with Crippen molar-refractivity contribution in [2.75, 3.05) is 0 Å². The van der Waals surface area contributed by atoms with Crippen LogP contribution in [0.5, 0.6) is 0 Å². The molecule has 1 amide bonds. The molecule has 5 heteroatoms. The van der Waals surface area contributed by atoms with Gasteiger partial charge in [-0.25, -0.2) is 4.98 Å². The Morgan fingerprint density at radius 1 is 1.69 bits per heavy atom. The Morgan fingerprint density at radius 3 is 2.92 bits per heavy atom. The van der Waals surface area contributed by atoms with E-state index in [1.807, 2.05) is 6.92 Å². The fourth-order valence-electron chi connectivity index (χ4n) is 0.993. The number of H-pyrrole nitrogens is 1. The molecule has 5 nitrogen and oxygen atoms in total. The summed E-state index contributed by atoms with van der Waals surface area (Å²) in [6.45, 7) is 1.88. The van der Waals surface area contributed by atoms with Gasteiger partial charge in [-0.3, -0.25) is 9.59 Å². The zero-order valence-electron chi connectivity index (χ0n) is 7.33. The van der Waals surface area contributed by atoms with Crippen molar-refractivity contribution in [1.29, 1.82) is 0 Å². The number of rotatable bonds is 3. The maximum Gasteiger partial charge on any atom is 0.251 e. The summed E-state index contributed by atoms with van der Waals surface area (Å²) in [4.78, 5) is 28.0. The van der Waals surface area contributed by atoms with Gasteiger partial charge in [0.25, 0.3) is 5.56 Å². The van der Waals surface area contributed by atoms with Crippen LogP contribution in [-0.2, 0) is 17.6 Å². The largest absolute Gasteiger partial charge is 0.369 e. The number of carbonyl (C=O) groups excluding carboxylic acids is 1. The monoisotopic (exact) mass is 181 g/mol. The number of primary amides is 1. The van der Waals surface area contributed by atoms with E-state index >= 15 is 0 Å². The second-order valence-electron chi connectivity index (χ2n) is 2.68. The summed E-state index contributed by atoms with van der Waals surface area (Å²) in [5.41, 5.74) is 5.38. The Bertz CT molecular complexity index is 370. The van der Waals surface area contributed by atoms with Crippen LogP contribution >= 0.6 is 0 Å². The molecule has 1 heterocycles. The molecule has 0 atom stereocenters. The second-order valence-corrected chi connectivity index (χ2v) is 2.68. The minimum Gasteiger partial charge on any atom is -0.369 e. The lowest BCUT2D eigenvalue weighted by atomic mass is 10.3. The van der Waals surface area contributed by atoms with Crippen molar-refractivity contribution in [1.82, 2.24) is 9.97 Å². The third kappa shape index (κ3) is 2.70. The molecule has 0 spiro atoms. The zero-order valence-corrected chi connectivity index (χ0v) is 7.33. The number of hydrogen-bond donors (Lipinski definition) is 2. The van der Waals surface area contributed by atoms with Crippen LogP contribution in [0.4, 0.5) is 0 Å². The third-order valence-electron chi connectivity index (χ3n) is 1.55. The number of nitrogens with one attached hydrogen (secondary N) is 1. The second kappa shape index (κ2) is 3.84. The number of nitrogens with zero attached hydrogens (tertiary/aromatic N) is 1. The maximum absolute atomic E-state index is 11.0. The first-order chi connectivity index (χ1) is 6.11. The van der Waals surface area contributed by atoms with Crippen molar-refractivity contribution in [3.8, 4) is 0 Å². The first kappa shape index (κ1) is 9.44. The van der Waals surface area contributed by atoms with Crippen molar-refractivity contribution in [2.45, 2.75) is 19.8 Å². The van der Waals surface area contributed by atoms with Gasteiger partial charge in [-0.1, -0.05) is 6.92 Å². The quantitative estimate of drug-likeness (QED) is 0.650. The van der Waals surface area contributed by atoms with Gasteiger partial charge in [0.05, 0.1) is 6.42 Å². The Labute approximate surface area is 75.0 Å². The van der Waals surface area contributed by atoms with E-state index < -0.39 is 5.91 Å². The van der Waals surface area contributed by atoms with Crippen LogP contribution in [0.1, 0.15) is 18.4 Å². The highest BCUT2D eigenvalue weighted by Crippen LogP contribution is 1.93. The standard InChI is InChI=1S/C8H11N3O2/c1-2-5-3-8(13)11-7(10-5)4-6(9)12/h3H,2,4H2,1H3,(H2,9,12)(H,10,11,13). The molecule has 70 valence electrons. The molecule has 0 fully saturated rings. The molecule has 0 bridgehead atoms. The Morgan fingerprint density at radius 2 is 2.38 bits per heavy atom. The predicted molar refractivity (Wildman–Crippen MR) is 47.1 cm³/mol. The number of nitrogens with two attached hydrogens (primary N) is 1. The van der Waals surface area contributed by atoms with Crippen molar-refractivity contribution in [3.63, 3.8) is 0 Å². The molecule has 0 aromatic carbocycles. The fraction of sp³-hybridized carbons (Fsp3) is 0.375. The topological polar surface area (TPSA) is 88.8 Å². The average Bonchev–Trinajstić information content (AvgIpc) is 2.01. The van der Waals surface area contributed by atoms with Gasteiger partial charge in [0.1, 0.15) is 5.82 Å². The van der Waals surface area contributed by atoms with Gasteiger partial charge < -0.3 is 10.7 Å². The van der Waals surface area contributed by atoms with E-state index in [4.69, 9.17) is 5.73 Å². The van der Waals surface area contributed by atoms with E-state index in [1.165, 1.54) is 6.07 Å². The van der Waals surface area contributed by atoms with E-state index in [-0.39, 0.29) is 12.0 Å². The van der Waals surface area contributed by atoms with Crippen LogP contribution in [0.2, 0.25) is 0 Å². The summed E-state index contributed by atoms with van der Waals surface area (Å²) in [6.07, 6.45) is 0.638. The number of aromatic nitrogens is 2. The number of carbonyl (C=O) groups is 1. The van der Waals surface area contributed by atoms with Crippen molar-refractivity contribution < 1.29 is 4.79 Å². The normalized spacial score (nSPS) is 9.92. The molecule has 0 aliphatic rings. The van der Waals surface area contributed by atoms with Crippen LogP contribution in [0, 0.1) is 0 Å². The van der Waals surface area contributed by atoms with Crippen LogP contribution < -0.4 is 11.3 Å². The minimum absolute atomic E-state index is 0.0247. The Balaban J connectivity index is 3.01. The van der Waals surface area contributed by atoms with E-state index in [2.05, 4.69) is 9.97 Å². The lowest BCUT2D eigenvalue weighted by Crippen LogP contribution is -2.20. The van der Waals surface area contributed by atoms with Crippen LogP contribution in [-0.4, -0.2) is 15.9 Å². The van der Waals surface area contributed by atoms with Gasteiger partial charge in [0, 0.05) is 11.8 Å². The number of aromatic amines is 1. The molecule has 0 aliphatic carbocycles. The lowest BCUT2D eigenvalue weighted by Gasteiger charge is -1.99. The number of hydrogen-bond acceptors (Lipinski definition) is 3. The third-order valence-corrected chi connectivity index (χ3v) is 1.55. The van der Waals surface area contributed by atoms with Crippen molar-refractivity contribution in [2.24, 2.45) is 5.73 Å². The van der Waals surface area contributed by atoms with Gasteiger partial charge in [0.15, 0.2) is 0 Å². The summed E-state index contributed by atoms with van der Waals surface area (Å²) in [6, 6.07) is 1.41. The molecule has 0 radical (unpaired) electrons. The highest BCUT2D eigenvalue weighted by atomic mass is 16.1. The maximum atomic E-state index is 11.0. The van der Waals surface area contributed by atoms with Crippen LogP contribution in [0.3, 0.4) is 0 Å². The zero-order chi connectivity index (χ0) is 9.84. The van der Waals surface area contributed by atoms with E-state index in [1.54, 1.807) is 0 Å². The summed E-state index contributed by atoms with van der Waals surface area (Å²) >= 11 is 0. The van der Waals surface area contributed by atoms with E-state index in [0.717, 1.165) is 0 Å². The molecular formula is C8H11N3O2. The van der Waals surface area contributed by atoms with Crippen molar-refractivity contribution >= 4 is 5.91 Å². The Kier molecular flexibility index (Phi) is 2.79. The summed E-state index contributed by atoms with van der Waals surface area (Å²) in [5.74, 6) is -0.173. The average molecular weight is 181 g/mol. The highest BCUT2D eigenvalue weighted by molar-refractivity contribution is 5.75. The van der Waals surface area contributed by atoms with Crippen LogP contribution in [0.25, 0.3) is 0 Å². The molecule has 0 unspecified atom stereocenters. The Hall–Kier alpha value is -1.65. The highest BCUT2D eigenvalue weighted by Gasteiger charge is 2.02. The van der Waals surface area contributed by atoms with Gasteiger partial charge in [-0.15, -0.1) is 0 Å². The molecule has 1 aromatic rings. The van der Waals surface area contributed by atoms with E-state index in [9.17, 15) is 9.59 Å². The lowest BCUT2D eigenvalue weighted by molar-refractivity contribution is -0.117. The molecule has 0 saturated carbocycles. The van der Waals surface area contributed by atoms with E-state index in [0.29, 0.717) is 17.9 Å². The summed E-state index contributed by atoms with van der Waals surface area (Å²) in [5, 5.41) is 0. The van der Waals surface area contributed by atoms with Gasteiger partial charge in [-0.05, 0) is 6.42 Å². The van der Waals surface area contributed by atoms with Crippen LogP contribution in [0.15, 0.2) is 10.9 Å². The molecule has 13 heavy (non-hydrogen) atoms. The van der Waals surface area contributed by atoms with Gasteiger partial charge >= 0.3 is 0 Å². The molecule has 0 aliphatic heterocycles. The number of amides is 1. The number of aryl methyl sites for hydroxylation is 1. The van der Waals surface area contributed by atoms with Gasteiger partial charge in [-0.2, -0.15) is 0 Å². The summed E-state index contributed by atoms with van der Waals surface area (Å²) in [7, 11) is 0. The van der Waals surface area contributed by atoms with Crippen molar-refractivity contribution in [3.05, 3.63) is 27.9 Å². The molecule has 0 saturated heterocycles. The fourth-order valence-corrected chi connectivity index (χ4v) is 0.993. The molecular weight excluding hydrogens is 170 g/mol. The minimum atomic E-state index is -0.503. The first-order valence-corrected chi connectivity index (χ1v) is 3.99. The molecule has 3 N–H and O–H groups in total. The smallest absolute Gasteiger partial charge is 0.251 e. The molecule has 1 rings (SSSR count). The molecule has 1 aromatic heterocycles. The first-order valence-electron chi connectivity index (χ1n) is 3.99. The summed E-state index contributed by atoms with van der Waals surface area (Å²) < 4.78 is 0. The predicted octanol–water partition coefficient (Wildman–Crippen LogP) is -0.640. The SMILES string of the molecule is CCc1cc(=O)[nH]c(CC(N)=O)n1.